The zero-order valence-corrected chi connectivity index (χ0v) is 14.4. The number of aromatic nitrogens is 1. The van der Waals surface area contributed by atoms with Gasteiger partial charge in [-0.2, -0.15) is 0 Å². The summed E-state index contributed by atoms with van der Waals surface area (Å²) in [6.07, 6.45) is 2.56. The normalized spacial score (nSPS) is 13.8. The van der Waals surface area contributed by atoms with Gasteiger partial charge in [-0.05, 0) is 30.8 Å². The maximum Gasteiger partial charge on any atom is 0.211 e. The maximum atomic E-state index is 11.4. The molecule has 2 aromatic rings. The Morgan fingerprint density at radius 2 is 2.04 bits per heavy atom. The molecule has 0 saturated carbocycles. The van der Waals surface area contributed by atoms with Crippen molar-refractivity contribution in [2.75, 3.05) is 0 Å². The first-order valence-electron chi connectivity index (χ1n) is 7.40. The van der Waals surface area contributed by atoms with Crippen molar-refractivity contribution in [1.82, 2.24) is 4.57 Å². The van der Waals surface area contributed by atoms with Gasteiger partial charge in [0.1, 0.15) is 0 Å². The molecule has 1 aromatic carbocycles. The smallest absolute Gasteiger partial charge is 0.211 e. The number of benzene rings is 1. The summed E-state index contributed by atoms with van der Waals surface area (Å²) < 4.78 is 1.50. The van der Waals surface area contributed by atoms with Gasteiger partial charge >= 0.3 is 0 Å². The molecule has 0 fully saturated rings. The number of carbonyl (C=O) groups is 1. The van der Waals surface area contributed by atoms with Crippen LogP contribution < -0.4 is 15.8 Å². The van der Waals surface area contributed by atoms with E-state index in [1.54, 1.807) is 6.08 Å². The monoisotopic (exact) mass is 360 g/mol. The summed E-state index contributed by atoms with van der Waals surface area (Å²) in [5.41, 5.74) is 0. The molecule has 3 rings (SSSR count). The summed E-state index contributed by atoms with van der Waals surface area (Å²) in [6, 6.07) is 6.45. The van der Waals surface area contributed by atoms with Gasteiger partial charge in [-0.3, -0.25) is 4.57 Å². The van der Waals surface area contributed by atoms with Crippen LogP contribution in [-0.4, -0.2) is 15.6 Å². The number of carboxylic acid groups (broad SMARTS) is 1. The molecule has 24 heavy (non-hydrogen) atoms. The van der Waals surface area contributed by atoms with Crippen LogP contribution >= 0.6 is 23.6 Å². The number of carbonyl (C=O) groups excluding carboxylic acids is 1. The highest BCUT2D eigenvalue weighted by atomic mass is 32.1. The number of rotatable bonds is 5. The lowest BCUT2D eigenvalue weighted by molar-refractivity contribution is -0.310. The fourth-order valence-corrected chi connectivity index (χ4v) is 3.83. The molecule has 0 aliphatic carbocycles. The SMILES string of the molecule is CCC[C@H](C(=O)[O-])n1c(O)c(C=C2N=c3ccccc3=N2)sc1=S. The van der Waals surface area contributed by atoms with Crippen LogP contribution in [0, 0.1) is 3.95 Å². The number of thiazole rings is 1. The molecule has 1 aromatic heterocycles. The zero-order valence-electron chi connectivity index (χ0n) is 12.8. The molecule has 0 bridgehead atoms. The average molecular weight is 360 g/mol. The Hall–Kier alpha value is -2.32. The highest BCUT2D eigenvalue weighted by Crippen LogP contribution is 2.33. The van der Waals surface area contributed by atoms with Crippen LogP contribution in [0.2, 0.25) is 0 Å². The molecule has 0 saturated heterocycles. The first-order chi connectivity index (χ1) is 11.5. The molecule has 0 amide bonds. The van der Waals surface area contributed by atoms with Gasteiger partial charge in [0.25, 0.3) is 0 Å². The zero-order chi connectivity index (χ0) is 17.3. The summed E-state index contributed by atoms with van der Waals surface area (Å²) in [5, 5.41) is 23.3. The second kappa shape index (κ2) is 6.66. The Balaban J connectivity index is 2.04. The highest BCUT2D eigenvalue weighted by molar-refractivity contribution is 7.73. The summed E-state index contributed by atoms with van der Waals surface area (Å²) in [4.78, 5) is 20.5. The summed E-state index contributed by atoms with van der Waals surface area (Å²) in [6.45, 7) is 1.86. The van der Waals surface area contributed by atoms with Crippen molar-refractivity contribution < 1.29 is 15.0 Å². The first kappa shape index (κ1) is 16.5. The molecular weight excluding hydrogens is 346 g/mol. The third kappa shape index (κ3) is 3.02. The van der Waals surface area contributed by atoms with E-state index in [4.69, 9.17) is 12.2 Å². The second-order valence-electron chi connectivity index (χ2n) is 5.26. The fourth-order valence-electron chi connectivity index (χ4n) is 2.50. The number of carboxylic acids is 1. The summed E-state index contributed by atoms with van der Waals surface area (Å²) in [7, 11) is 0. The van der Waals surface area contributed by atoms with Crippen molar-refractivity contribution in [2.24, 2.45) is 9.98 Å². The molecule has 2 heterocycles. The Morgan fingerprint density at radius 1 is 1.42 bits per heavy atom. The van der Waals surface area contributed by atoms with E-state index in [2.05, 4.69) is 9.98 Å². The van der Waals surface area contributed by atoms with Crippen LogP contribution in [0.5, 0.6) is 5.88 Å². The number of hydrogen-bond donors (Lipinski definition) is 1. The van der Waals surface area contributed by atoms with Crippen molar-refractivity contribution >= 4 is 35.6 Å². The number of fused-ring (bicyclic) bond motifs is 1. The number of aromatic hydroxyl groups is 1. The fraction of sp³-hybridized carbons (Fsp3) is 0.250. The van der Waals surface area contributed by atoms with Gasteiger partial charge in [-0.15, -0.1) is 11.3 Å². The van der Waals surface area contributed by atoms with Crippen LogP contribution in [-0.2, 0) is 4.79 Å². The third-order valence-corrected chi connectivity index (χ3v) is 4.94. The topological polar surface area (TPSA) is 90.0 Å². The van der Waals surface area contributed by atoms with Gasteiger partial charge in [-0.1, -0.05) is 25.5 Å². The van der Waals surface area contributed by atoms with Gasteiger partial charge in [0.15, 0.2) is 9.78 Å². The van der Waals surface area contributed by atoms with E-state index in [1.807, 2.05) is 31.2 Å². The average Bonchev–Trinajstić information content (AvgIpc) is 3.06. The molecule has 1 N–H and O–H groups in total. The highest BCUT2D eigenvalue weighted by Gasteiger charge is 2.20. The molecule has 1 aliphatic heterocycles. The van der Waals surface area contributed by atoms with E-state index >= 15 is 0 Å². The molecule has 1 aliphatic rings. The van der Waals surface area contributed by atoms with Crippen molar-refractivity contribution in [2.45, 2.75) is 25.8 Å². The minimum Gasteiger partial charge on any atom is -0.548 e. The van der Waals surface area contributed by atoms with Gasteiger partial charge < -0.3 is 15.0 Å². The standard InChI is InChI=1S/C16H15N3O3S2/c1-2-5-11(15(21)22)19-14(20)12(24-16(19)23)8-13-17-9-6-3-4-7-10(9)18-13/h3-4,6-8,11,20H,2,5H2,1H3,(H,21,22)/p-1/t11-/m1/s1. The lowest BCUT2D eigenvalue weighted by atomic mass is 10.1. The predicted molar refractivity (Wildman–Crippen MR) is 90.5 cm³/mol. The van der Waals surface area contributed by atoms with Gasteiger partial charge in [0, 0.05) is 6.08 Å². The summed E-state index contributed by atoms with van der Waals surface area (Å²) in [5.74, 6) is -1.01. The van der Waals surface area contributed by atoms with E-state index in [-0.39, 0.29) is 9.83 Å². The van der Waals surface area contributed by atoms with Gasteiger partial charge in [0.05, 0.1) is 27.6 Å². The van der Waals surface area contributed by atoms with Crippen molar-refractivity contribution in [1.29, 1.82) is 0 Å². The third-order valence-electron chi connectivity index (χ3n) is 3.60. The van der Waals surface area contributed by atoms with E-state index in [1.165, 1.54) is 4.57 Å². The van der Waals surface area contributed by atoms with Crippen molar-refractivity contribution in [3.05, 3.63) is 49.6 Å². The molecule has 0 spiro atoms. The summed E-state index contributed by atoms with van der Waals surface area (Å²) >= 11 is 6.34. The lowest BCUT2D eigenvalue weighted by Gasteiger charge is -2.19. The van der Waals surface area contributed by atoms with Crippen LogP contribution in [0.3, 0.4) is 0 Å². The van der Waals surface area contributed by atoms with Crippen molar-refractivity contribution in [3.63, 3.8) is 0 Å². The number of nitrogens with zero attached hydrogens (tertiary/aromatic N) is 3. The Labute approximate surface area is 146 Å². The quantitative estimate of drug-likeness (QED) is 0.815. The molecular formula is C16H14N3O3S2-. The molecule has 124 valence electrons. The van der Waals surface area contributed by atoms with Crippen LogP contribution in [0.1, 0.15) is 30.7 Å². The van der Waals surface area contributed by atoms with E-state index in [0.29, 0.717) is 23.5 Å². The Bertz CT molecular complexity index is 967. The van der Waals surface area contributed by atoms with Crippen LogP contribution in [0.15, 0.2) is 40.1 Å². The Morgan fingerprint density at radius 3 is 2.58 bits per heavy atom. The van der Waals surface area contributed by atoms with E-state index in [9.17, 15) is 15.0 Å². The number of aliphatic carboxylic acids is 1. The van der Waals surface area contributed by atoms with Gasteiger partial charge in [0.2, 0.25) is 5.88 Å². The van der Waals surface area contributed by atoms with Gasteiger partial charge in [-0.25, -0.2) is 9.98 Å². The predicted octanol–water partition coefficient (Wildman–Crippen LogP) is 1.33. The Kier molecular flexibility index (Phi) is 4.59. The minimum atomic E-state index is -1.26. The number of hydrogen-bond acceptors (Lipinski definition) is 7. The van der Waals surface area contributed by atoms with E-state index < -0.39 is 12.0 Å². The largest absolute Gasteiger partial charge is 0.548 e. The second-order valence-corrected chi connectivity index (χ2v) is 6.94. The molecule has 1 atom stereocenters. The van der Waals surface area contributed by atoms with Crippen LogP contribution in [0.25, 0.3) is 6.08 Å². The number of para-hydroxylation sites is 2. The molecule has 6 nitrogen and oxygen atoms in total. The first-order valence-corrected chi connectivity index (χ1v) is 8.63. The minimum absolute atomic E-state index is 0.193. The van der Waals surface area contributed by atoms with E-state index in [0.717, 1.165) is 22.1 Å². The maximum absolute atomic E-state index is 11.4. The molecule has 8 heteroatoms. The van der Waals surface area contributed by atoms with Crippen LogP contribution in [0.4, 0.5) is 0 Å². The van der Waals surface area contributed by atoms with Crippen molar-refractivity contribution in [3.8, 4) is 5.88 Å². The lowest BCUT2D eigenvalue weighted by Crippen LogP contribution is -2.33. The molecule has 0 unspecified atom stereocenters. The molecule has 0 radical (unpaired) electrons.